The Morgan fingerprint density at radius 2 is 1.68 bits per heavy atom. The molecule has 2 fully saturated rings. The van der Waals surface area contributed by atoms with Crippen molar-refractivity contribution in [3.63, 3.8) is 0 Å². The molecule has 2 aliphatic rings. The molecule has 2 saturated heterocycles. The average Bonchev–Trinajstić information content (AvgIpc) is 2.83. The third-order valence-corrected chi connectivity index (χ3v) is 6.12. The molecule has 5 nitrogen and oxygen atoms in total. The minimum Gasteiger partial charge on any atom is -0.493 e. The van der Waals surface area contributed by atoms with Crippen molar-refractivity contribution in [2.45, 2.75) is 32.1 Å². The molecule has 0 spiro atoms. The first kappa shape index (κ1) is 21.3. The summed E-state index contributed by atoms with van der Waals surface area (Å²) in [5, 5.41) is 0. The van der Waals surface area contributed by atoms with E-state index in [1.807, 2.05) is 29.2 Å². The van der Waals surface area contributed by atoms with Crippen LogP contribution in [0.4, 0.5) is 4.39 Å². The van der Waals surface area contributed by atoms with E-state index in [9.17, 15) is 14.0 Å². The van der Waals surface area contributed by atoms with Crippen molar-refractivity contribution >= 4 is 11.8 Å². The fourth-order valence-corrected chi connectivity index (χ4v) is 4.40. The summed E-state index contributed by atoms with van der Waals surface area (Å²) in [6, 6.07) is 13.5. The molecule has 0 unspecified atom stereocenters. The third-order valence-electron chi connectivity index (χ3n) is 6.12. The number of piperidine rings is 2. The summed E-state index contributed by atoms with van der Waals surface area (Å²) in [4.78, 5) is 29.1. The molecule has 1 atom stereocenters. The quantitative estimate of drug-likeness (QED) is 0.716. The summed E-state index contributed by atoms with van der Waals surface area (Å²) >= 11 is 0. The molecule has 2 aliphatic heterocycles. The van der Waals surface area contributed by atoms with Gasteiger partial charge in [-0.05, 0) is 62.4 Å². The third kappa shape index (κ3) is 5.24. The van der Waals surface area contributed by atoms with Crippen molar-refractivity contribution in [3.8, 4) is 5.75 Å². The highest BCUT2D eigenvalue weighted by atomic mass is 19.1. The zero-order chi connectivity index (χ0) is 21.6. The van der Waals surface area contributed by atoms with E-state index < -0.39 is 5.82 Å². The Labute approximate surface area is 182 Å². The Kier molecular flexibility index (Phi) is 6.85. The fraction of sp³-hybridized carbons (Fsp3) is 0.440. The van der Waals surface area contributed by atoms with Gasteiger partial charge in [-0.2, -0.15) is 0 Å². The van der Waals surface area contributed by atoms with E-state index in [4.69, 9.17) is 4.74 Å². The van der Waals surface area contributed by atoms with Crippen molar-refractivity contribution in [2.24, 2.45) is 5.92 Å². The molecule has 0 N–H and O–H groups in total. The van der Waals surface area contributed by atoms with Crippen LogP contribution in [0, 0.1) is 11.7 Å². The standard InChI is InChI=1S/C25H29FN2O3/c26-23-12-3-2-11-22(23)25(30)28-15-7-8-19(17-28)18-31-21-10-6-9-20(16-21)24(29)27-13-4-1-5-14-27/h2-3,6,9-12,16,19H,1,4-5,7-8,13-15,17-18H2/t19-/m1/s1. The van der Waals surface area contributed by atoms with E-state index in [0.29, 0.717) is 31.0 Å². The first-order valence-corrected chi connectivity index (χ1v) is 11.2. The van der Waals surface area contributed by atoms with E-state index in [1.54, 1.807) is 17.0 Å². The lowest BCUT2D eigenvalue weighted by atomic mass is 9.98. The van der Waals surface area contributed by atoms with Gasteiger partial charge in [0, 0.05) is 37.7 Å². The molecule has 0 saturated carbocycles. The van der Waals surface area contributed by atoms with Gasteiger partial charge in [0.15, 0.2) is 0 Å². The summed E-state index contributed by atoms with van der Waals surface area (Å²) in [7, 11) is 0. The molecular weight excluding hydrogens is 395 g/mol. The summed E-state index contributed by atoms with van der Waals surface area (Å²) in [5.41, 5.74) is 0.771. The Balaban J connectivity index is 1.34. The van der Waals surface area contributed by atoms with Crippen molar-refractivity contribution in [3.05, 3.63) is 65.5 Å². The molecule has 2 heterocycles. The maximum atomic E-state index is 14.0. The zero-order valence-electron chi connectivity index (χ0n) is 17.8. The first-order chi connectivity index (χ1) is 15.1. The lowest BCUT2D eigenvalue weighted by Crippen LogP contribution is -2.41. The summed E-state index contributed by atoms with van der Waals surface area (Å²) < 4.78 is 20.0. The van der Waals surface area contributed by atoms with Crippen LogP contribution in [0.25, 0.3) is 0 Å². The number of benzene rings is 2. The maximum absolute atomic E-state index is 14.0. The molecule has 31 heavy (non-hydrogen) atoms. The minimum absolute atomic E-state index is 0.0597. The monoisotopic (exact) mass is 424 g/mol. The van der Waals surface area contributed by atoms with Crippen LogP contribution < -0.4 is 4.74 Å². The van der Waals surface area contributed by atoms with Gasteiger partial charge in [-0.1, -0.05) is 18.2 Å². The van der Waals surface area contributed by atoms with Crippen LogP contribution >= 0.6 is 0 Å². The highest BCUT2D eigenvalue weighted by Gasteiger charge is 2.26. The van der Waals surface area contributed by atoms with Gasteiger partial charge in [-0.3, -0.25) is 9.59 Å². The van der Waals surface area contributed by atoms with Crippen LogP contribution in [0.5, 0.6) is 5.75 Å². The number of carbonyl (C=O) groups is 2. The Morgan fingerprint density at radius 1 is 0.903 bits per heavy atom. The van der Waals surface area contributed by atoms with Gasteiger partial charge >= 0.3 is 0 Å². The number of hydrogen-bond acceptors (Lipinski definition) is 3. The number of halogens is 1. The van der Waals surface area contributed by atoms with Crippen LogP contribution in [0.1, 0.15) is 52.8 Å². The summed E-state index contributed by atoms with van der Waals surface area (Å²) in [6.07, 6.45) is 5.12. The van der Waals surface area contributed by atoms with Gasteiger partial charge in [-0.25, -0.2) is 4.39 Å². The van der Waals surface area contributed by atoms with Crippen LogP contribution in [0.2, 0.25) is 0 Å². The van der Waals surface area contributed by atoms with Gasteiger partial charge in [0.25, 0.3) is 11.8 Å². The summed E-state index contributed by atoms with van der Waals surface area (Å²) in [6.45, 7) is 3.27. The number of carbonyl (C=O) groups excluding carboxylic acids is 2. The molecular formula is C25H29FN2O3. The molecule has 2 aromatic rings. The van der Waals surface area contributed by atoms with Gasteiger partial charge in [0.05, 0.1) is 12.2 Å². The van der Waals surface area contributed by atoms with Crippen LogP contribution in [-0.2, 0) is 0 Å². The molecule has 0 aromatic heterocycles. The largest absolute Gasteiger partial charge is 0.493 e. The number of rotatable bonds is 5. The van der Waals surface area contributed by atoms with Crippen molar-refractivity contribution < 1.29 is 18.7 Å². The number of likely N-dealkylation sites (tertiary alicyclic amines) is 2. The normalized spacial score (nSPS) is 19.2. The van der Waals surface area contributed by atoms with Crippen molar-refractivity contribution in [1.29, 1.82) is 0 Å². The fourth-order valence-electron chi connectivity index (χ4n) is 4.40. The Morgan fingerprint density at radius 3 is 2.48 bits per heavy atom. The lowest BCUT2D eigenvalue weighted by molar-refractivity contribution is 0.0627. The van der Waals surface area contributed by atoms with Crippen LogP contribution in [-0.4, -0.2) is 54.4 Å². The second kappa shape index (κ2) is 9.94. The predicted octanol–water partition coefficient (Wildman–Crippen LogP) is 4.38. The number of amides is 2. The molecule has 2 amide bonds. The molecule has 0 bridgehead atoms. The molecule has 0 aliphatic carbocycles. The smallest absolute Gasteiger partial charge is 0.256 e. The van der Waals surface area contributed by atoms with Gasteiger partial charge in [0.2, 0.25) is 0 Å². The number of ether oxygens (including phenoxy) is 1. The van der Waals surface area contributed by atoms with Crippen molar-refractivity contribution in [1.82, 2.24) is 9.80 Å². The molecule has 6 heteroatoms. The van der Waals surface area contributed by atoms with Gasteiger partial charge in [-0.15, -0.1) is 0 Å². The minimum atomic E-state index is -0.485. The topological polar surface area (TPSA) is 49.9 Å². The van der Waals surface area contributed by atoms with Gasteiger partial charge < -0.3 is 14.5 Å². The number of hydrogen-bond donors (Lipinski definition) is 0. The predicted molar refractivity (Wildman–Crippen MR) is 117 cm³/mol. The second-order valence-corrected chi connectivity index (χ2v) is 8.43. The van der Waals surface area contributed by atoms with E-state index >= 15 is 0 Å². The SMILES string of the molecule is O=C(c1cccc(OC[C@@H]2CCCN(C(=O)c3ccccc3F)C2)c1)N1CCCCC1. The average molecular weight is 425 g/mol. The second-order valence-electron chi connectivity index (χ2n) is 8.43. The Hall–Kier alpha value is -2.89. The number of nitrogens with zero attached hydrogens (tertiary/aromatic N) is 2. The zero-order valence-corrected chi connectivity index (χ0v) is 17.8. The molecule has 4 rings (SSSR count). The van der Waals surface area contributed by atoms with E-state index in [2.05, 4.69) is 0 Å². The van der Waals surface area contributed by atoms with Gasteiger partial charge in [0.1, 0.15) is 11.6 Å². The van der Waals surface area contributed by atoms with Crippen molar-refractivity contribution in [2.75, 3.05) is 32.8 Å². The molecule has 164 valence electrons. The van der Waals surface area contributed by atoms with Crippen LogP contribution in [0.3, 0.4) is 0 Å². The van der Waals surface area contributed by atoms with E-state index in [-0.39, 0.29) is 23.3 Å². The summed E-state index contributed by atoms with van der Waals surface area (Å²) in [5.74, 6) is 0.147. The molecule has 2 aromatic carbocycles. The van der Waals surface area contributed by atoms with E-state index in [0.717, 1.165) is 38.8 Å². The highest BCUT2D eigenvalue weighted by molar-refractivity contribution is 5.95. The Bertz CT molecular complexity index is 926. The lowest BCUT2D eigenvalue weighted by Gasteiger charge is -2.32. The van der Waals surface area contributed by atoms with Crippen LogP contribution in [0.15, 0.2) is 48.5 Å². The highest BCUT2D eigenvalue weighted by Crippen LogP contribution is 2.23. The first-order valence-electron chi connectivity index (χ1n) is 11.2. The maximum Gasteiger partial charge on any atom is 0.256 e. The van der Waals surface area contributed by atoms with E-state index in [1.165, 1.54) is 18.6 Å². The molecule has 0 radical (unpaired) electrons.